The fourth-order valence-corrected chi connectivity index (χ4v) is 4.98. The highest BCUT2D eigenvalue weighted by Gasteiger charge is 2.24. The van der Waals surface area contributed by atoms with Crippen molar-refractivity contribution in [2.45, 2.75) is 11.4 Å². The van der Waals surface area contributed by atoms with Crippen molar-refractivity contribution < 1.29 is 8.42 Å². The van der Waals surface area contributed by atoms with Crippen molar-refractivity contribution >= 4 is 37.2 Å². The number of fused-ring (bicyclic) bond motifs is 2. The molecule has 3 aromatic heterocycles. The van der Waals surface area contributed by atoms with E-state index < -0.39 is 10.0 Å². The molecule has 0 radical (unpaired) electrons. The molecule has 8 heteroatoms. The topological polar surface area (TPSA) is 82.4 Å². The summed E-state index contributed by atoms with van der Waals surface area (Å²) in [6.45, 7) is 0.468. The van der Waals surface area contributed by atoms with Gasteiger partial charge in [0.1, 0.15) is 0 Å². The second-order valence-corrected chi connectivity index (χ2v) is 7.80. The Morgan fingerprint density at radius 3 is 2.91 bits per heavy atom. The normalized spacial score (nSPS) is 12.4. The van der Waals surface area contributed by atoms with E-state index in [2.05, 4.69) is 4.98 Å². The Morgan fingerprint density at radius 2 is 2.09 bits per heavy atom. The maximum Gasteiger partial charge on any atom is 0.285 e. The van der Waals surface area contributed by atoms with Crippen LogP contribution < -0.4 is 5.73 Å². The molecule has 0 unspecified atom stereocenters. The number of rotatable bonds is 4. The van der Waals surface area contributed by atoms with E-state index in [0.29, 0.717) is 23.4 Å². The van der Waals surface area contributed by atoms with Crippen molar-refractivity contribution in [2.75, 3.05) is 6.54 Å². The molecule has 0 saturated heterocycles. The number of aromatic nitrogens is 3. The molecular formula is C15H14N4O2S2. The molecule has 0 aliphatic heterocycles. The molecule has 4 aromatic rings. The summed E-state index contributed by atoms with van der Waals surface area (Å²) in [5, 5.41) is 2.89. The Labute approximate surface area is 136 Å². The lowest BCUT2D eigenvalue weighted by atomic mass is 10.1. The Bertz CT molecular complexity index is 1110. The first-order valence-corrected chi connectivity index (χ1v) is 9.40. The van der Waals surface area contributed by atoms with Gasteiger partial charge in [0.25, 0.3) is 10.0 Å². The van der Waals surface area contributed by atoms with Crippen molar-refractivity contribution in [3.63, 3.8) is 0 Å². The van der Waals surface area contributed by atoms with Crippen LogP contribution in [0.3, 0.4) is 0 Å². The van der Waals surface area contributed by atoms with E-state index in [1.165, 1.54) is 21.5 Å². The van der Waals surface area contributed by atoms with Crippen LogP contribution in [-0.2, 0) is 16.4 Å². The maximum absolute atomic E-state index is 13.1. The van der Waals surface area contributed by atoms with Crippen molar-refractivity contribution in [2.24, 2.45) is 5.73 Å². The number of nitrogens with zero attached hydrogens (tertiary/aromatic N) is 3. The van der Waals surface area contributed by atoms with Gasteiger partial charge in [0.05, 0.1) is 11.7 Å². The molecule has 0 atom stereocenters. The van der Waals surface area contributed by atoms with E-state index in [9.17, 15) is 8.42 Å². The van der Waals surface area contributed by atoms with Gasteiger partial charge < -0.3 is 5.73 Å². The summed E-state index contributed by atoms with van der Waals surface area (Å²) in [5.74, 6) is 0. The Hall–Kier alpha value is -2.16. The lowest BCUT2D eigenvalue weighted by molar-refractivity contribution is 0.584. The third-order valence-electron chi connectivity index (χ3n) is 3.81. The smallest absolute Gasteiger partial charge is 0.285 e. The van der Waals surface area contributed by atoms with Crippen LogP contribution in [0.2, 0.25) is 0 Å². The van der Waals surface area contributed by atoms with Gasteiger partial charge in [-0.15, -0.1) is 11.3 Å². The minimum atomic E-state index is -3.73. The first-order chi connectivity index (χ1) is 11.1. The molecule has 4 rings (SSSR count). The van der Waals surface area contributed by atoms with Crippen LogP contribution in [0, 0.1) is 0 Å². The van der Waals surface area contributed by atoms with E-state index in [1.54, 1.807) is 22.9 Å². The summed E-state index contributed by atoms with van der Waals surface area (Å²) in [4.78, 5) is 4.82. The monoisotopic (exact) mass is 346 g/mol. The molecule has 23 heavy (non-hydrogen) atoms. The molecule has 2 N–H and O–H groups in total. The van der Waals surface area contributed by atoms with Gasteiger partial charge in [-0.3, -0.25) is 4.40 Å². The molecule has 3 heterocycles. The van der Waals surface area contributed by atoms with Gasteiger partial charge in [-0.1, -0.05) is 18.2 Å². The number of para-hydroxylation sites is 1. The van der Waals surface area contributed by atoms with Crippen LogP contribution >= 0.6 is 11.3 Å². The summed E-state index contributed by atoms with van der Waals surface area (Å²) in [6, 6.07) is 7.45. The van der Waals surface area contributed by atoms with E-state index in [-0.39, 0.29) is 5.03 Å². The van der Waals surface area contributed by atoms with E-state index in [1.807, 2.05) is 23.6 Å². The number of hydrogen-bond acceptors (Lipinski definition) is 5. The van der Waals surface area contributed by atoms with E-state index in [4.69, 9.17) is 5.73 Å². The van der Waals surface area contributed by atoms with Gasteiger partial charge in [-0.05, 0) is 24.6 Å². The maximum atomic E-state index is 13.1. The van der Waals surface area contributed by atoms with Crippen LogP contribution in [-0.4, -0.2) is 28.3 Å². The zero-order chi connectivity index (χ0) is 16.0. The lowest BCUT2D eigenvalue weighted by Crippen LogP contribution is -2.13. The summed E-state index contributed by atoms with van der Waals surface area (Å²) < 4.78 is 29.2. The van der Waals surface area contributed by atoms with Gasteiger partial charge >= 0.3 is 0 Å². The molecule has 0 aliphatic carbocycles. The molecule has 0 spiro atoms. The summed E-state index contributed by atoms with van der Waals surface area (Å²) in [5.41, 5.74) is 7.24. The van der Waals surface area contributed by atoms with Crippen molar-refractivity contribution in [3.8, 4) is 0 Å². The third-order valence-corrected chi connectivity index (χ3v) is 6.23. The van der Waals surface area contributed by atoms with Crippen LogP contribution in [0.25, 0.3) is 15.9 Å². The van der Waals surface area contributed by atoms with Gasteiger partial charge in [-0.25, -0.2) is 8.96 Å². The van der Waals surface area contributed by atoms with Crippen LogP contribution in [0.4, 0.5) is 0 Å². The highest BCUT2D eigenvalue weighted by Crippen LogP contribution is 2.27. The van der Waals surface area contributed by atoms with E-state index >= 15 is 0 Å². The largest absolute Gasteiger partial charge is 0.330 e. The zero-order valence-electron chi connectivity index (χ0n) is 12.1. The minimum absolute atomic E-state index is 0.161. The second-order valence-electron chi connectivity index (χ2n) is 5.16. The molecule has 1 aromatic carbocycles. The molecule has 118 valence electrons. The highest BCUT2D eigenvalue weighted by molar-refractivity contribution is 7.90. The van der Waals surface area contributed by atoms with Gasteiger partial charge in [-0.2, -0.15) is 8.42 Å². The van der Waals surface area contributed by atoms with E-state index in [0.717, 1.165) is 10.9 Å². The quantitative estimate of drug-likeness (QED) is 0.613. The number of imidazole rings is 1. The molecule has 0 aliphatic rings. The van der Waals surface area contributed by atoms with Gasteiger partial charge in [0, 0.05) is 23.2 Å². The molecular weight excluding hydrogens is 332 g/mol. The second kappa shape index (κ2) is 5.19. The first kappa shape index (κ1) is 14.4. The van der Waals surface area contributed by atoms with Crippen molar-refractivity contribution in [3.05, 3.63) is 53.8 Å². The molecule has 0 amide bonds. The zero-order valence-corrected chi connectivity index (χ0v) is 13.7. The summed E-state index contributed by atoms with van der Waals surface area (Å²) >= 11 is 1.40. The number of hydrogen-bond donors (Lipinski definition) is 1. The van der Waals surface area contributed by atoms with Crippen LogP contribution in [0.5, 0.6) is 0 Å². The average molecular weight is 346 g/mol. The number of nitrogens with two attached hydrogens (primary N) is 1. The fraction of sp³-hybridized carbons (Fsp3) is 0.133. The molecule has 6 nitrogen and oxygen atoms in total. The SMILES string of the molecule is NCCc1cn(S(=O)(=O)c2cnc3sccn23)c2ccccc12. The Kier molecular flexibility index (Phi) is 3.26. The standard InChI is InChI=1S/C15H14N4O2S2/c16-6-5-11-10-19(13-4-2-1-3-12(11)13)23(20,21)14-9-17-15-18(14)7-8-22-15/h1-4,7-10H,5-6,16H2. The Balaban J connectivity index is 2.00. The Morgan fingerprint density at radius 1 is 1.26 bits per heavy atom. The molecule has 0 fully saturated rings. The van der Waals surface area contributed by atoms with Crippen molar-refractivity contribution in [1.82, 2.24) is 13.4 Å². The minimum Gasteiger partial charge on any atom is -0.330 e. The fourth-order valence-electron chi connectivity index (χ4n) is 2.77. The third kappa shape index (κ3) is 2.10. The number of benzene rings is 1. The average Bonchev–Trinajstić information content (AvgIpc) is 3.21. The summed E-state index contributed by atoms with van der Waals surface area (Å²) in [7, 11) is -3.73. The molecule has 0 saturated carbocycles. The predicted octanol–water partition coefficient (Wildman–Crippen LogP) is 2.09. The molecule has 0 bridgehead atoms. The van der Waals surface area contributed by atoms with Crippen LogP contribution in [0.15, 0.2) is 53.3 Å². The van der Waals surface area contributed by atoms with Gasteiger partial charge in [0.2, 0.25) is 0 Å². The van der Waals surface area contributed by atoms with Crippen LogP contribution in [0.1, 0.15) is 5.56 Å². The number of thiazole rings is 1. The lowest BCUT2D eigenvalue weighted by Gasteiger charge is -2.06. The summed E-state index contributed by atoms with van der Waals surface area (Å²) in [6.07, 6.45) is 5.41. The highest BCUT2D eigenvalue weighted by atomic mass is 32.2. The predicted molar refractivity (Wildman–Crippen MR) is 90.3 cm³/mol. The van der Waals surface area contributed by atoms with Crippen molar-refractivity contribution in [1.29, 1.82) is 0 Å². The van der Waals surface area contributed by atoms with Gasteiger partial charge in [0.15, 0.2) is 9.99 Å². The first-order valence-electron chi connectivity index (χ1n) is 7.08.